The highest BCUT2D eigenvalue weighted by atomic mass is 35.5. The second-order valence-electron chi connectivity index (χ2n) is 3.60. The molecule has 3 atom stereocenters. The van der Waals surface area contributed by atoms with Crippen LogP contribution in [0.4, 0.5) is 0 Å². The van der Waals surface area contributed by atoms with E-state index in [0.717, 1.165) is 11.8 Å². The predicted octanol–water partition coefficient (Wildman–Crippen LogP) is 1.95. The largest absolute Gasteiger partial charge is 0.327 e. The van der Waals surface area contributed by atoms with Crippen molar-refractivity contribution < 1.29 is 0 Å². The summed E-state index contributed by atoms with van der Waals surface area (Å²) in [5.74, 6) is 1.95. The first kappa shape index (κ1) is 8.35. The van der Waals surface area contributed by atoms with Crippen molar-refractivity contribution in [2.45, 2.75) is 38.1 Å². The molecule has 0 aromatic rings. The lowest BCUT2D eigenvalue weighted by molar-refractivity contribution is 0.421. The summed E-state index contributed by atoms with van der Waals surface area (Å²) in [6.07, 6.45) is 7.06. The zero-order valence-electron chi connectivity index (χ0n) is 6.25. The van der Waals surface area contributed by atoms with E-state index in [1.807, 2.05) is 0 Å². The highest BCUT2D eigenvalue weighted by Crippen LogP contribution is 2.42. The van der Waals surface area contributed by atoms with E-state index in [-0.39, 0.29) is 12.4 Å². The highest BCUT2D eigenvalue weighted by molar-refractivity contribution is 5.85. The van der Waals surface area contributed by atoms with Crippen LogP contribution >= 0.6 is 12.4 Å². The molecular weight excluding hydrogens is 146 g/mol. The lowest BCUT2D eigenvalue weighted by Gasteiger charge is -2.11. The van der Waals surface area contributed by atoms with E-state index in [0.29, 0.717) is 6.04 Å². The topological polar surface area (TPSA) is 26.0 Å². The van der Waals surface area contributed by atoms with Crippen molar-refractivity contribution >= 4 is 12.4 Å². The van der Waals surface area contributed by atoms with Crippen LogP contribution in [0.3, 0.4) is 0 Å². The Balaban J connectivity index is 0.000000500. The Kier molecular flexibility index (Phi) is 2.59. The number of nitrogens with two attached hydrogens (primary N) is 1. The highest BCUT2D eigenvalue weighted by Gasteiger charge is 2.36. The first-order valence-electron chi connectivity index (χ1n) is 4.13. The van der Waals surface area contributed by atoms with Crippen LogP contribution < -0.4 is 5.73 Å². The van der Waals surface area contributed by atoms with Gasteiger partial charge in [-0.1, -0.05) is 12.8 Å². The molecule has 2 aliphatic rings. The molecule has 2 rings (SSSR count). The van der Waals surface area contributed by atoms with Crippen molar-refractivity contribution in [1.82, 2.24) is 0 Å². The quantitative estimate of drug-likeness (QED) is 0.578. The molecule has 2 saturated carbocycles. The van der Waals surface area contributed by atoms with Crippen molar-refractivity contribution in [3.8, 4) is 0 Å². The Hall–Kier alpha value is 0.250. The van der Waals surface area contributed by atoms with E-state index in [2.05, 4.69) is 0 Å². The molecule has 0 heterocycles. The third-order valence-electron chi connectivity index (χ3n) is 3.14. The standard InChI is InChI=1S/C8H15N.ClH/c9-8-5-4-6-2-1-3-7(6)8;/h6-8H,1-5,9H2;1H/t6-,7-,8+;/m0./s1. The Morgan fingerprint density at radius 3 is 2.50 bits per heavy atom. The van der Waals surface area contributed by atoms with Gasteiger partial charge in [-0.25, -0.2) is 0 Å². The van der Waals surface area contributed by atoms with E-state index in [1.54, 1.807) is 0 Å². The average Bonchev–Trinajstić information content (AvgIpc) is 2.35. The summed E-state index contributed by atoms with van der Waals surface area (Å²) in [6.45, 7) is 0. The van der Waals surface area contributed by atoms with Gasteiger partial charge in [0.15, 0.2) is 0 Å². The van der Waals surface area contributed by atoms with Crippen molar-refractivity contribution in [3.63, 3.8) is 0 Å². The van der Waals surface area contributed by atoms with Crippen LogP contribution in [0.25, 0.3) is 0 Å². The van der Waals surface area contributed by atoms with Gasteiger partial charge >= 0.3 is 0 Å². The summed E-state index contributed by atoms with van der Waals surface area (Å²) in [5, 5.41) is 0. The van der Waals surface area contributed by atoms with E-state index in [9.17, 15) is 0 Å². The molecule has 1 nitrogen and oxygen atoms in total. The first-order valence-corrected chi connectivity index (χ1v) is 4.13. The van der Waals surface area contributed by atoms with Gasteiger partial charge < -0.3 is 5.73 Å². The van der Waals surface area contributed by atoms with Crippen LogP contribution in [-0.2, 0) is 0 Å². The molecule has 0 aromatic carbocycles. The predicted molar refractivity (Wildman–Crippen MR) is 45.3 cm³/mol. The van der Waals surface area contributed by atoms with E-state index in [1.165, 1.54) is 32.1 Å². The van der Waals surface area contributed by atoms with E-state index >= 15 is 0 Å². The van der Waals surface area contributed by atoms with Crippen molar-refractivity contribution in [2.24, 2.45) is 17.6 Å². The van der Waals surface area contributed by atoms with Crippen molar-refractivity contribution in [1.29, 1.82) is 0 Å². The fourth-order valence-corrected chi connectivity index (χ4v) is 2.61. The van der Waals surface area contributed by atoms with Crippen LogP contribution in [0.5, 0.6) is 0 Å². The van der Waals surface area contributed by atoms with Crippen LogP contribution in [0.15, 0.2) is 0 Å². The summed E-state index contributed by atoms with van der Waals surface area (Å²) >= 11 is 0. The summed E-state index contributed by atoms with van der Waals surface area (Å²) in [4.78, 5) is 0. The Morgan fingerprint density at radius 2 is 1.80 bits per heavy atom. The molecule has 0 aromatic heterocycles. The monoisotopic (exact) mass is 161 g/mol. The Bertz CT molecular complexity index is 116. The summed E-state index contributed by atoms with van der Waals surface area (Å²) < 4.78 is 0. The minimum atomic E-state index is 0. The maximum absolute atomic E-state index is 5.92. The van der Waals surface area contributed by atoms with Gasteiger partial charge in [0.1, 0.15) is 0 Å². The zero-order valence-corrected chi connectivity index (χ0v) is 7.07. The SMILES string of the molecule is Cl.N[C@@H]1CC[C@@H]2CCC[C@@H]21. The third kappa shape index (κ3) is 1.17. The molecule has 0 amide bonds. The summed E-state index contributed by atoms with van der Waals surface area (Å²) in [5.41, 5.74) is 5.92. The molecule has 2 aliphatic carbocycles. The minimum Gasteiger partial charge on any atom is -0.327 e. The van der Waals surface area contributed by atoms with Gasteiger partial charge in [0.25, 0.3) is 0 Å². The zero-order chi connectivity index (χ0) is 6.27. The number of halogens is 1. The molecule has 0 spiro atoms. The second-order valence-corrected chi connectivity index (χ2v) is 3.60. The third-order valence-corrected chi connectivity index (χ3v) is 3.14. The molecular formula is C8H16ClN. The average molecular weight is 162 g/mol. The maximum atomic E-state index is 5.92. The number of hydrogen-bond donors (Lipinski definition) is 1. The number of fused-ring (bicyclic) bond motifs is 1. The van der Waals surface area contributed by atoms with E-state index in [4.69, 9.17) is 5.73 Å². The molecule has 2 N–H and O–H groups in total. The molecule has 0 radical (unpaired) electrons. The molecule has 0 unspecified atom stereocenters. The van der Waals surface area contributed by atoms with Gasteiger partial charge in [0.2, 0.25) is 0 Å². The molecule has 2 fully saturated rings. The second kappa shape index (κ2) is 3.10. The smallest absolute Gasteiger partial charge is 0.00699 e. The lowest BCUT2D eigenvalue weighted by Crippen LogP contribution is -2.24. The van der Waals surface area contributed by atoms with Gasteiger partial charge in [0.05, 0.1) is 0 Å². The molecule has 0 bridgehead atoms. The molecule has 0 saturated heterocycles. The van der Waals surface area contributed by atoms with E-state index < -0.39 is 0 Å². The van der Waals surface area contributed by atoms with Gasteiger partial charge in [-0.05, 0) is 31.1 Å². The molecule has 60 valence electrons. The van der Waals surface area contributed by atoms with Crippen LogP contribution in [0, 0.1) is 11.8 Å². The first-order chi connectivity index (χ1) is 4.38. The number of rotatable bonds is 0. The number of hydrogen-bond acceptors (Lipinski definition) is 1. The summed E-state index contributed by atoms with van der Waals surface area (Å²) in [7, 11) is 0. The molecule has 0 aliphatic heterocycles. The Morgan fingerprint density at radius 1 is 1.00 bits per heavy atom. The van der Waals surface area contributed by atoms with Crippen molar-refractivity contribution in [2.75, 3.05) is 0 Å². The van der Waals surface area contributed by atoms with Gasteiger partial charge in [0, 0.05) is 6.04 Å². The van der Waals surface area contributed by atoms with Gasteiger partial charge in [-0.2, -0.15) is 0 Å². The fourth-order valence-electron chi connectivity index (χ4n) is 2.61. The molecule has 2 heteroatoms. The minimum absolute atomic E-state index is 0. The Labute approximate surface area is 68.8 Å². The van der Waals surface area contributed by atoms with Gasteiger partial charge in [-0.3, -0.25) is 0 Å². The molecule has 10 heavy (non-hydrogen) atoms. The normalized spacial score (nSPS) is 44.7. The summed E-state index contributed by atoms with van der Waals surface area (Å²) in [6, 6.07) is 0.567. The van der Waals surface area contributed by atoms with Crippen LogP contribution in [0.2, 0.25) is 0 Å². The van der Waals surface area contributed by atoms with Gasteiger partial charge in [-0.15, -0.1) is 12.4 Å². The van der Waals surface area contributed by atoms with Crippen LogP contribution in [0.1, 0.15) is 32.1 Å². The van der Waals surface area contributed by atoms with Crippen molar-refractivity contribution in [3.05, 3.63) is 0 Å². The fraction of sp³-hybridized carbons (Fsp3) is 1.00. The maximum Gasteiger partial charge on any atom is 0.00699 e. The van der Waals surface area contributed by atoms with Crippen LogP contribution in [-0.4, -0.2) is 6.04 Å². The lowest BCUT2D eigenvalue weighted by atomic mass is 9.98.